The number of benzene rings is 3. The molecule has 2 heterocycles. The second-order valence-electron chi connectivity index (χ2n) is 16.4. The molecule has 0 N–H and O–H groups in total. The van der Waals surface area contributed by atoms with Crippen LogP contribution in [-0.2, 0) is 21.7 Å². The molecule has 4 nitrogen and oxygen atoms in total. The summed E-state index contributed by atoms with van der Waals surface area (Å²) in [5.74, 6) is 0. The lowest BCUT2D eigenvalue weighted by Crippen LogP contribution is -2.17. The fourth-order valence-corrected chi connectivity index (χ4v) is 6.79. The van der Waals surface area contributed by atoms with Crippen LogP contribution in [0.1, 0.15) is 123 Å². The van der Waals surface area contributed by atoms with Gasteiger partial charge in [0.15, 0.2) is 0 Å². The molecule has 0 aliphatic heterocycles. The van der Waals surface area contributed by atoms with Crippen molar-refractivity contribution in [3.05, 3.63) is 113 Å². The average molecular weight is 624 g/mol. The van der Waals surface area contributed by atoms with Crippen LogP contribution in [0.2, 0.25) is 0 Å². The molecule has 5 rings (SSSR count). The largest absolute Gasteiger partial charge is 0.399 e. The second kappa shape index (κ2) is 11.8. The van der Waals surface area contributed by atoms with E-state index in [1.54, 1.807) is 6.20 Å². The van der Waals surface area contributed by atoms with Gasteiger partial charge in [0, 0.05) is 28.1 Å². The first-order valence-electron chi connectivity index (χ1n) is 16.0. The zero-order valence-corrected chi connectivity index (χ0v) is 30.1. The molecule has 0 spiro atoms. The molecule has 238 valence electrons. The predicted octanol–water partition coefficient (Wildman–Crippen LogP) is 12.1. The summed E-state index contributed by atoms with van der Waals surface area (Å²) < 4.78 is 21.0. The molecular weight excluding hydrogens is 573 g/mol. The quantitative estimate of drug-likeness (QED) is 0.200. The Bertz CT molecular complexity index is 1710. The topological polar surface area (TPSA) is 48.4 Å². The summed E-state index contributed by atoms with van der Waals surface area (Å²) >= 11 is 0. The average Bonchev–Trinajstić information content (AvgIpc) is 3.10. The molecule has 1 atom stereocenters. The Morgan fingerprint density at radius 1 is 0.578 bits per heavy atom. The minimum Gasteiger partial charge on any atom is -0.399 e. The number of aromatic nitrogens is 1. The molecule has 3 aromatic carbocycles. The highest BCUT2D eigenvalue weighted by Gasteiger charge is 2.29. The molecule has 2 aromatic heterocycles. The van der Waals surface area contributed by atoms with Crippen LogP contribution < -0.4 is 4.52 Å². The van der Waals surface area contributed by atoms with Crippen molar-refractivity contribution in [2.45, 2.75) is 111 Å². The lowest BCUT2D eigenvalue weighted by Gasteiger charge is -2.27. The third kappa shape index (κ3) is 7.08. The molecule has 0 aliphatic rings. The van der Waals surface area contributed by atoms with E-state index in [0.29, 0.717) is 0 Å². The van der Waals surface area contributed by atoms with Gasteiger partial charge in [0.2, 0.25) is 0 Å². The number of hydrogen-bond donors (Lipinski definition) is 0. The maximum Gasteiger partial charge on any atom is 0.388 e. The van der Waals surface area contributed by atoms with Crippen LogP contribution in [0.5, 0.6) is 0 Å². The van der Waals surface area contributed by atoms with E-state index in [0.717, 1.165) is 44.3 Å². The van der Waals surface area contributed by atoms with Crippen molar-refractivity contribution < 1.29 is 12.9 Å². The number of pyridine rings is 1. The van der Waals surface area contributed by atoms with Crippen molar-refractivity contribution in [3.8, 4) is 0 Å². The Balaban J connectivity index is 1.98. The summed E-state index contributed by atoms with van der Waals surface area (Å²) in [6.45, 7) is 27.1. The van der Waals surface area contributed by atoms with Gasteiger partial charge in [-0.05, 0) is 62.6 Å². The van der Waals surface area contributed by atoms with Crippen LogP contribution in [0.4, 0.5) is 0 Å². The van der Waals surface area contributed by atoms with Gasteiger partial charge in [0.25, 0.3) is 0 Å². The summed E-state index contributed by atoms with van der Waals surface area (Å²) in [4.78, 5) is 4.70. The van der Waals surface area contributed by atoms with Crippen LogP contribution in [0, 0.1) is 0 Å². The van der Waals surface area contributed by atoms with Gasteiger partial charge in [-0.15, -0.1) is 0 Å². The van der Waals surface area contributed by atoms with E-state index in [1.807, 2.05) is 36.4 Å². The van der Waals surface area contributed by atoms with Crippen LogP contribution in [-0.4, -0.2) is 4.98 Å². The lowest BCUT2D eigenvalue weighted by atomic mass is 9.77. The van der Waals surface area contributed by atoms with Gasteiger partial charge in [0.1, 0.15) is 17.3 Å². The lowest BCUT2D eigenvalue weighted by molar-refractivity contribution is 0.300. The zero-order chi connectivity index (χ0) is 32.9. The molecule has 0 bridgehead atoms. The molecule has 0 unspecified atom stereocenters. The first kappa shape index (κ1) is 33.0. The van der Waals surface area contributed by atoms with Crippen molar-refractivity contribution in [2.75, 3.05) is 0 Å². The predicted molar refractivity (Wildman–Crippen MR) is 190 cm³/mol. The van der Waals surface area contributed by atoms with Crippen LogP contribution in [0.15, 0.2) is 87.4 Å². The van der Waals surface area contributed by atoms with Crippen molar-refractivity contribution >= 4 is 30.2 Å². The van der Waals surface area contributed by atoms with Crippen molar-refractivity contribution in [1.82, 2.24) is 4.98 Å². The number of nitrogens with zero attached hydrogens (tertiary/aromatic N) is 1. The van der Waals surface area contributed by atoms with E-state index in [9.17, 15) is 0 Å². The van der Waals surface area contributed by atoms with Gasteiger partial charge >= 0.3 is 8.24 Å². The van der Waals surface area contributed by atoms with Gasteiger partial charge in [-0.2, -0.15) is 0 Å². The zero-order valence-electron chi connectivity index (χ0n) is 29.2. The minimum absolute atomic E-state index is 0.0601. The van der Waals surface area contributed by atoms with Crippen molar-refractivity contribution in [3.63, 3.8) is 0 Å². The Kier molecular flexibility index (Phi) is 8.66. The Hall–Kier alpha value is -3.33. The van der Waals surface area contributed by atoms with Crippen LogP contribution in [0.25, 0.3) is 21.9 Å². The van der Waals surface area contributed by atoms with E-state index in [1.165, 1.54) is 11.1 Å². The van der Waals surface area contributed by atoms with E-state index in [2.05, 4.69) is 119 Å². The molecule has 5 heteroatoms. The monoisotopic (exact) mass is 623 g/mol. The minimum atomic E-state index is -1.90. The van der Waals surface area contributed by atoms with E-state index in [-0.39, 0.29) is 21.7 Å². The molecular formula is C40H50NO3P. The third-order valence-electron chi connectivity index (χ3n) is 8.40. The fourth-order valence-electron chi connectivity index (χ4n) is 5.58. The van der Waals surface area contributed by atoms with Gasteiger partial charge in [-0.1, -0.05) is 132 Å². The molecule has 0 saturated heterocycles. The number of hydrogen-bond acceptors (Lipinski definition) is 4. The van der Waals surface area contributed by atoms with Crippen LogP contribution in [0.3, 0.4) is 0 Å². The van der Waals surface area contributed by atoms with Gasteiger partial charge in [-0.25, -0.2) is 0 Å². The first-order valence-corrected chi connectivity index (χ1v) is 17.1. The van der Waals surface area contributed by atoms with E-state index < -0.39 is 14.3 Å². The van der Waals surface area contributed by atoms with Gasteiger partial charge in [-0.3, -0.25) is 9.51 Å². The summed E-state index contributed by atoms with van der Waals surface area (Å²) in [6, 6.07) is 25.4. The maximum atomic E-state index is 7.02. The van der Waals surface area contributed by atoms with E-state index in [4.69, 9.17) is 17.9 Å². The SMILES string of the molecule is CC(C)(C)c1cc(C(C)(C)C)c2op(O[C@H](c3ccccc3)c3ccccn3)oc3c(C(C)(C)C)cc(C(C)(C)C)cc3c2c1. The first-order chi connectivity index (χ1) is 20.8. The molecule has 0 saturated carbocycles. The fraction of sp³-hybridized carbons (Fsp3) is 0.425. The maximum absolute atomic E-state index is 7.02. The van der Waals surface area contributed by atoms with E-state index >= 15 is 0 Å². The Morgan fingerprint density at radius 2 is 1.04 bits per heavy atom. The second-order valence-corrected chi connectivity index (χ2v) is 17.4. The molecule has 45 heavy (non-hydrogen) atoms. The molecule has 5 aromatic rings. The molecule has 0 fully saturated rings. The number of rotatable bonds is 4. The summed E-state index contributed by atoms with van der Waals surface area (Å²) in [5.41, 5.74) is 7.79. The highest BCUT2D eigenvalue weighted by Crippen LogP contribution is 2.46. The van der Waals surface area contributed by atoms with Crippen molar-refractivity contribution in [2.24, 2.45) is 0 Å². The summed E-state index contributed by atoms with van der Waals surface area (Å²) in [5, 5.41) is 2.11. The third-order valence-corrected chi connectivity index (χ3v) is 9.44. The summed E-state index contributed by atoms with van der Waals surface area (Å²) in [6.07, 6.45) is 1.33. The smallest absolute Gasteiger partial charge is 0.388 e. The highest BCUT2D eigenvalue weighted by atomic mass is 31.1. The summed E-state index contributed by atoms with van der Waals surface area (Å²) in [7, 11) is -1.90. The molecule has 0 amide bonds. The molecule has 0 aliphatic carbocycles. The normalized spacial score (nSPS) is 13.8. The standard InChI is InChI=1S/C40H50NO3P/c1-37(2,3)27-22-29-30-23-28(38(4,5)6)25-32(40(10,11)12)36(30)44-45(43-35(29)31(24-27)39(7,8)9)42-34(26-18-14-13-15-19-26)33-20-16-17-21-41-33/h13-25,34H,1-12H3/t34-/m1/s1. The van der Waals surface area contributed by atoms with Crippen LogP contribution >= 0.6 is 8.24 Å². The Morgan fingerprint density at radius 3 is 1.44 bits per heavy atom. The number of fused-ring (bicyclic) bond motifs is 3. The van der Waals surface area contributed by atoms with Crippen molar-refractivity contribution in [1.29, 1.82) is 0 Å². The van der Waals surface area contributed by atoms with Gasteiger partial charge in [0.05, 0.1) is 5.69 Å². The highest BCUT2D eigenvalue weighted by molar-refractivity contribution is 7.31. The van der Waals surface area contributed by atoms with Gasteiger partial charge < -0.3 is 8.39 Å². The Labute approximate surface area is 270 Å². The molecule has 0 radical (unpaired) electrons.